The van der Waals surface area contributed by atoms with E-state index in [2.05, 4.69) is 11.7 Å². The average molecular weight is 268 g/mol. The molecule has 0 amide bonds. The highest BCUT2D eigenvalue weighted by Gasteiger charge is 2.11. The first-order valence-electron chi connectivity index (χ1n) is 6.36. The Morgan fingerprint density at radius 3 is 2.67 bits per heavy atom. The molecule has 0 saturated carbocycles. The van der Waals surface area contributed by atoms with Gasteiger partial charge in [-0.1, -0.05) is 26.2 Å². The number of carbonyl (C=O) groups excluding carboxylic acids is 2. The molecule has 0 unspecified atom stereocenters. The molecule has 0 spiro atoms. The van der Waals surface area contributed by atoms with Crippen molar-refractivity contribution in [1.82, 2.24) is 0 Å². The highest BCUT2D eigenvalue weighted by Crippen LogP contribution is 2.20. The van der Waals surface area contributed by atoms with Gasteiger partial charge in [0.25, 0.3) is 0 Å². The Kier molecular flexibility index (Phi) is 6.65. The van der Waals surface area contributed by atoms with Crippen LogP contribution < -0.4 is 0 Å². The van der Waals surface area contributed by atoms with Crippen molar-refractivity contribution in [2.45, 2.75) is 45.4 Å². The molecule has 1 rings (SSSR count). The predicted octanol–water partition coefficient (Wildman–Crippen LogP) is 3.62. The van der Waals surface area contributed by atoms with Crippen molar-refractivity contribution < 1.29 is 14.3 Å². The molecule has 1 heterocycles. The minimum absolute atomic E-state index is 0.187. The standard InChI is InChI=1S/C14H20O3S/c1-3-4-5-6-7-12(15)13-9-8-11(18-13)10-14(16)17-2/h8-9H,3-7,10H2,1-2H3. The van der Waals surface area contributed by atoms with Crippen LogP contribution in [0.25, 0.3) is 0 Å². The first-order valence-corrected chi connectivity index (χ1v) is 7.17. The average Bonchev–Trinajstić information content (AvgIpc) is 2.82. The third-order valence-electron chi connectivity index (χ3n) is 2.74. The lowest BCUT2D eigenvalue weighted by molar-refractivity contribution is -0.139. The normalized spacial score (nSPS) is 10.3. The van der Waals surface area contributed by atoms with Crippen LogP contribution in [0.5, 0.6) is 0 Å². The molecule has 0 bridgehead atoms. The monoisotopic (exact) mass is 268 g/mol. The second-order valence-electron chi connectivity index (χ2n) is 4.25. The molecule has 3 nitrogen and oxygen atoms in total. The Hall–Kier alpha value is -1.16. The molecule has 4 heteroatoms. The van der Waals surface area contributed by atoms with Gasteiger partial charge in [0.05, 0.1) is 18.4 Å². The lowest BCUT2D eigenvalue weighted by Gasteiger charge is -1.98. The van der Waals surface area contributed by atoms with E-state index >= 15 is 0 Å². The summed E-state index contributed by atoms with van der Waals surface area (Å²) >= 11 is 1.40. The lowest BCUT2D eigenvalue weighted by Crippen LogP contribution is -2.02. The minimum atomic E-state index is -0.265. The molecule has 0 aliphatic heterocycles. The van der Waals surface area contributed by atoms with Gasteiger partial charge in [-0.3, -0.25) is 9.59 Å². The van der Waals surface area contributed by atoms with Crippen LogP contribution in [0.15, 0.2) is 12.1 Å². The SMILES string of the molecule is CCCCCCC(=O)c1ccc(CC(=O)OC)s1. The van der Waals surface area contributed by atoms with E-state index in [1.165, 1.54) is 31.3 Å². The second kappa shape index (κ2) is 8.03. The molecule has 0 aromatic carbocycles. The number of Topliss-reactive ketones (excluding diaryl/α,β-unsaturated/α-hetero) is 1. The van der Waals surface area contributed by atoms with Gasteiger partial charge >= 0.3 is 5.97 Å². The molecule has 0 atom stereocenters. The summed E-state index contributed by atoms with van der Waals surface area (Å²) in [7, 11) is 1.37. The summed E-state index contributed by atoms with van der Waals surface area (Å²) in [5.41, 5.74) is 0. The number of methoxy groups -OCH3 is 1. The zero-order valence-corrected chi connectivity index (χ0v) is 11.8. The fourth-order valence-corrected chi connectivity index (χ4v) is 2.63. The number of hydrogen-bond acceptors (Lipinski definition) is 4. The Labute approximate surface area is 112 Å². The smallest absolute Gasteiger partial charge is 0.310 e. The summed E-state index contributed by atoms with van der Waals surface area (Å²) in [5, 5.41) is 0. The molecule has 100 valence electrons. The maximum absolute atomic E-state index is 11.9. The fraction of sp³-hybridized carbons (Fsp3) is 0.571. The van der Waals surface area contributed by atoms with Crippen molar-refractivity contribution in [2.24, 2.45) is 0 Å². The first-order chi connectivity index (χ1) is 8.67. The number of esters is 1. The highest BCUT2D eigenvalue weighted by atomic mass is 32.1. The number of carbonyl (C=O) groups is 2. The molecule has 1 aromatic heterocycles. The van der Waals surface area contributed by atoms with E-state index in [9.17, 15) is 9.59 Å². The van der Waals surface area contributed by atoms with Gasteiger partial charge in [0.1, 0.15) is 0 Å². The fourth-order valence-electron chi connectivity index (χ4n) is 1.67. The van der Waals surface area contributed by atoms with Crippen LogP contribution in [0.3, 0.4) is 0 Å². The molecule has 18 heavy (non-hydrogen) atoms. The first kappa shape index (κ1) is 14.9. The molecule has 0 aliphatic rings. The van der Waals surface area contributed by atoms with Crippen molar-refractivity contribution >= 4 is 23.1 Å². The van der Waals surface area contributed by atoms with E-state index in [1.807, 2.05) is 12.1 Å². The van der Waals surface area contributed by atoms with Gasteiger partial charge < -0.3 is 4.74 Å². The summed E-state index contributed by atoms with van der Waals surface area (Å²) in [6.45, 7) is 2.15. The van der Waals surface area contributed by atoms with Crippen molar-refractivity contribution in [2.75, 3.05) is 7.11 Å². The number of hydrogen-bond donors (Lipinski definition) is 0. The summed E-state index contributed by atoms with van der Waals surface area (Å²) in [6.07, 6.45) is 5.30. The van der Waals surface area contributed by atoms with Crippen molar-refractivity contribution in [3.8, 4) is 0 Å². The number of unbranched alkanes of at least 4 members (excludes halogenated alkanes) is 3. The van der Waals surface area contributed by atoms with Crippen molar-refractivity contribution in [3.63, 3.8) is 0 Å². The van der Waals surface area contributed by atoms with Crippen LogP contribution >= 0.6 is 11.3 Å². The lowest BCUT2D eigenvalue weighted by atomic mass is 10.1. The summed E-state index contributed by atoms with van der Waals surface area (Å²) in [4.78, 5) is 24.6. The van der Waals surface area contributed by atoms with Crippen molar-refractivity contribution in [3.05, 3.63) is 21.9 Å². The molecular weight excluding hydrogens is 248 g/mol. The number of rotatable bonds is 8. The largest absolute Gasteiger partial charge is 0.469 e. The molecule has 0 fully saturated rings. The Morgan fingerprint density at radius 2 is 2.00 bits per heavy atom. The quantitative estimate of drug-likeness (QED) is 0.411. The summed E-state index contributed by atoms with van der Waals surface area (Å²) < 4.78 is 4.60. The predicted molar refractivity (Wildman–Crippen MR) is 73.1 cm³/mol. The van der Waals surface area contributed by atoms with E-state index in [4.69, 9.17) is 0 Å². The Balaban J connectivity index is 2.41. The summed E-state index contributed by atoms with van der Waals surface area (Å²) in [5.74, 6) is -0.0778. The van der Waals surface area contributed by atoms with E-state index in [-0.39, 0.29) is 18.2 Å². The molecule has 1 aromatic rings. The molecule has 0 radical (unpaired) electrons. The molecule has 0 saturated heterocycles. The zero-order valence-electron chi connectivity index (χ0n) is 11.0. The molecular formula is C14H20O3S. The number of ether oxygens (including phenoxy) is 1. The highest BCUT2D eigenvalue weighted by molar-refractivity contribution is 7.14. The van der Waals surface area contributed by atoms with E-state index in [1.54, 1.807) is 0 Å². The van der Waals surface area contributed by atoms with Crippen molar-refractivity contribution in [1.29, 1.82) is 0 Å². The third-order valence-corrected chi connectivity index (χ3v) is 3.87. The van der Waals surface area contributed by atoms with Gasteiger partial charge in [-0.25, -0.2) is 0 Å². The van der Waals surface area contributed by atoms with Gasteiger partial charge in [0, 0.05) is 11.3 Å². The topological polar surface area (TPSA) is 43.4 Å². The maximum atomic E-state index is 11.9. The van der Waals surface area contributed by atoms with Gasteiger partial charge in [0.2, 0.25) is 0 Å². The van der Waals surface area contributed by atoms with Crippen LogP contribution in [0, 0.1) is 0 Å². The second-order valence-corrected chi connectivity index (χ2v) is 5.42. The third kappa shape index (κ3) is 5.00. The van der Waals surface area contributed by atoms with Crippen LogP contribution in [-0.2, 0) is 16.0 Å². The van der Waals surface area contributed by atoms with Gasteiger partial charge in [0.15, 0.2) is 5.78 Å². The van der Waals surface area contributed by atoms with Crippen LogP contribution in [-0.4, -0.2) is 18.9 Å². The van der Waals surface area contributed by atoms with Gasteiger partial charge in [-0.05, 0) is 18.6 Å². The van der Waals surface area contributed by atoms with E-state index < -0.39 is 0 Å². The van der Waals surface area contributed by atoms with E-state index in [0.29, 0.717) is 6.42 Å². The maximum Gasteiger partial charge on any atom is 0.310 e. The van der Waals surface area contributed by atoms with Gasteiger partial charge in [-0.2, -0.15) is 0 Å². The number of thiophene rings is 1. The zero-order chi connectivity index (χ0) is 13.4. The summed E-state index contributed by atoms with van der Waals surface area (Å²) in [6, 6.07) is 3.64. The molecule has 0 N–H and O–H groups in total. The van der Waals surface area contributed by atoms with Crippen LogP contribution in [0.1, 0.15) is 53.6 Å². The Bertz CT molecular complexity index is 395. The minimum Gasteiger partial charge on any atom is -0.469 e. The Morgan fingerprint density at radius 1 is 1.22 bits per heavy atom. The van der Waals surface area contributed by atoms with Gasteiger partial charge in [-0.15, -0.1) is 11.3 Å². The van der Waals surface area contributed by atoms with Crippen LogP contribution in [0.4, 0.5) is 0 Å². The van der Waals surface area contributed by atoms with E-state index in [0.717, 1.165) is 22.6 Å². The number of ketones is 1. The molecule has 0 aliphatic carbocycles. The van der Waals surface area contributed by atoms with Crippen LogP contribution in [0.2, 0.25) is 0 Å².